The number of aromatic amines is 1. The van der Waals surface area contributed by atoms with Gasteiger partial charge in [0.1, 0.15) is 5.65 Å². The van der Waals surface area contributed by atoms with Gasteiger partial charge in [0.15, 0.2) is 4.77 Å². The predicted molar refractivity (Wildman–Crippen MR) is 63.0 cm³/mol. The first-order valence-electron chi connectivity index (χ1n) is 4.85. The number of aliphatic hydroxyl groups excluding tert-OH is 1. The molecule has 0 aliphatic rings. The van der Waals surface area contributed by atoms with Crippen LogP contribution in [0.3, 0.4) is 0 Å². The summed E-state index contributed by atoms with van der Waals surface area (Å²) in [6.45, 7) is 1.59. The van der Waals surface area contributed by atoms with Crippen LogP contribution in [0, 0.1) is 4.77 Å². The molecule has 1 unspecified atom stereocenters. The Labute approximate surface area is 96.4 Å². The molecule has 0 saturated heterocycles. The standard InChI is InChI=1S/C10H11N3O2S/c1-6(5-14)13-9(15)7-3-2-4-11-8(7)12-10(13)16/h2-4,6,14H,5H2,1H3,(H,11,12,16). The number of nitrogens with zero attached hydrogens (tertiary/aromatic N) is 2. The molecule has 84 valence electrons. The Morgan fingerprint density at radius 3 is 3.12 bits per heavy atom. The van der Waals surface area contributed by atoms with Gasteiger partial charge in [0, 0.05) is 6.20 Å². The van der Waals surface area contributed by atoms with Crippen LogP contribution in [0.15, 0.2) is 23.1 Å². The highest BCUT2D eigenvalue weighted by atomic mass is 32.1. The minimum Gasteiger partial charge on any atom is -0.394 e. The van der Waals surface area contributed by atoms with Crippen molar-refractivity contribution in [2.24, 2.45) is 0 Å². The van der Waals surface area contributed by atoms with Crippen LogP contribution < -0.4 is 5.56 Å². The molecule has 6 heteroatoms. The third kappa shape index (κ3) is 1.66. The summed E-state index contributed by atoms with van der Waals surface area (Å²) in [6, 6.07) is 3.02. The highest BCUT2D eigenvalue weighted by Gasteiger charge is 2.10. The average molecular weight is 237 g/mol. The van der Waals surface area contributed by atoms with E-state index in [0.29, 0.717) is 11.0 Å². The Hall–Kier alpha value is -1.53. The monoisotopic (exact) mass is 237 g/mol. The van der Waals surface area contributed by atoms with E-state index in [9.17, 15) is 4.79 Å². The Bertz CT molecular complexity index is 632. The van der Waals surface area contributed by atoms with Crippen LogP contribution >= 0.6 is 12.2 Å². The van der Waals surface area contributed by atoms with Crippen molar-refractivity contribution in [2.75, 3.05) is 6.61 Å². The summed E-state index contributed by atoms with van der Waals surface area (Å²) in [7, 11) is 0. The molecule has 2 N–H and O–H groups in total. The van der Waals surface area contributed by atoms with Gasteiger partial charge in [-0.3, -0.25) is 9.36 Å². The summed E-state index contributed by atoms with van der Waals surface area (Å²) in [4.78, 5) is 19.0. The lowest BCUT2D eigenvalue weighted by molar-refractivity contribution is 0.234. The molecule has 0 aliphatic carbocycles. The van der Waals surface area contributed by atoms with Crippen LogP contribution in [0.2, 0.25) is 0 Å². The van der Waals surface area contributed by atoms with Gasteiger partial charge in [0.2, 0.25) is 0 Å². The molecular weight excluding hydrogens is 226 g/mol. The number of nitrogens with one attached hydrogen (secondary N) is 1. The van der Waals surface area contributed by atoms with Crippen molar-refractivity contribution in [1.29, 1.82) is 0 Å². The van der Waals surface area contributed by atoms with Crippen molar-refractivity contribution in [1.82, 2.24) is 14.5 Å². The minimum atomic E-state index is -0.346. The molecule has 5 nitrogen and oxygen atoms in total. The first-order valence-corrected chi connectivity index (χ1v) is 5.26. The van der Waals surface area contributed by atoms with E-state index < -0.39 is 0 Å². The molecule has 0 aliphatic heterocycles. The van der Waals surface area contributed by atoms with Gasteiger partial charge in [-0.2, -0.15) is 0 Å². The maximum Gasteiger partial charge on any atom is 0.264 e. The Morgan fingerprint density at radius 2 is 2.44 bits per heavy atom. The fourth-order valence-electron chi connectivity index (χ4n) is 1.54. The second-order valence-corrected chi connectivity index (χ2v) is 3.92. The van der Waals surface area contributed by atoms with Crippen LogP contribution in [-0.4, -0.2) is 26.2 Å². The highest BCUT2D eigenvalue weighted by Crippen LogP contribution is 2.06. The zero-order valence-corrected chi connectivity index (χ0v) is 9.49. The van der Waals surface area contributed by atoms with Gasteiger partial charge in [0.05, 0.1) is 18.0 Å². The molecule has 0 spiro atoms. The maximum atomic E-state index is 12.1. The third-order valence-corrected chi connectivity index (χ3v) is 2.70. The van der Waals surface area contributed by atoms with Gasteiger partial charge in [-0.25, -0.2) is 4.98 Å². The first kappa shape index (κ1) is 11.0. The van der Waals surface area contributed by atoms with Crippen LogP contribution in [0.1, 0.15) is 13.0 Å². The summed E-state index contributed by atoms with van der Waals surface area (Å²) >= 11 is 5.07. The van der Waals surface area contributed by atoms with Gasteiger partial charge in [-0.05, 0) is 31.3 Å². The van der Waals surface area contributed by atoms with Crippen LogP contribution in [0.5, 0.6) is 0 Å². The lowest BCUT2D eigenvalue weighted by atomic mass is 10.3. The van der Waals surface area contributed by atoms with E-state index in [4.69, 9.17) is 17.3 Å². The Balaban J connectivity index is 2.87. The van der Waals surface area contributed by atoms with Gasteiger partial charge < -0.3 is 10.1 Å². The fourth-order valence-corrected chi connectivity index (χ4v) is 1.90. The number of H-pyrrole nitrogens is 1. The third-order valence-electron chi connectivity index (χ3n) is 2.41. The average Bonchev–Trinajstić information content (AvgIpc) is 2.28. The van der Waals surface area contributed by atoms with Crippen molar-refractivity contribution < 1.29 is 5.11 Å². The summed E-state index contributed by atoms with van der Waals surface area (Å²) < 4.78 is 1.64. The van der Waals surface area contributed by atoms with Crippen molar-refractivity contribution in [3.8, 4) is 0 Å². The summed E-state index contributed by atoms with van der Waals surface area (Å²) in [5, 5.41) is 9.54. The van der Waals surface area contributed by atoms with E-state index in [1.807, 2.05) is 0 Å². The smallest absolute Gasteiger partial charge is 0.264 e. The lowest BCUT2D eigenvalue weighted by Gasteiger charge is -2.12. The zero-order valence-electron chi connectivity index (χ0n) is 8.67. The summed E-state index contributed by atoms with van der Waals surface area (Å²) in [5.41, 5.74) is 0.243. The van der Waals surface area contributed by atoms with Gasteiger partial charge in [-0.1, -0.05) is 0 Å². The maximum absolute atomic E-state index is 12.1. The summed E-state index contributed by atoms with van der Waals surface area (Å²) in [6.07, 6.45) is 1.59. The number of hydrogen-bond donors (Lipinski definition) is 2. The van der Waals surface area contributed by atoms with E-state index >= 15 is 0 Å². The zero-order chi connectivity index (χ0) is 11.7. The molecular formula is C10H11N3O2S. The van der Waals surface area contributed by atoms with Crippen LogP contribution in [-0.2, 0) is 0 Å². The molecule has 2 rings (SSSR count). The van der Waals surface area contributed by atoms with Crippen molar-refractivity contribution in [3.05, 3.63) is 33.5 Å². The number of rotatable bonds is 2. The number of hydrogen-bond acceptors (Lipinski definition) is 4. The molecule has 0 amide bonds. The number of aromatic nitrogens is 3. The van der Waals surface area contributed by atoms with E-state index in [0.717, 1.165) is 0 Å². The molecule has 0 aromatic carbocycles. The SMILES string of the molecule is CC(CO)n1c(=S)[nH]c2ncccc2c1=O. The van der Waals surface area contributed by atoms with Crippen molar-refractivity contribution in [3.63, 3.8) is 0 Å². The van der Waals surface area contributed by atoms with Gasteiger partial charge >= 0.3 is 0 Å². The van der Waals surface area contributed by atoms with Crippen LogP contribution in [0.4, 0.5) is 0 Å². The normalized spacial score (nSPS) is 12.9. The second-order valence-electron chi connectivity index (χ2n) is 3.54. The van der Waals surface area contributed by atoms with Crippen molar-refractivity contribution >= 4 is 23.3 Å². The molecule has 0 saturated carbocycles. The molecule has 0 fully saturated rings. The van der Waals surface area contributed by atoms with Gasteiger partial charge in [0.25, 0.3) is 5.56 Å². The number of fused-ring (bicyclic) bond motifs is 1. The lowest BCUT2D eigenvalue weighted by Crippen LogP contribution is -2.27. The quantitative estimate of drug-likeness (QED) is 0.765. The van der Waals surface area contributed by atoms with E-state index in [1.165, 1.54) is 4.57 Å². The molecule has 0 bridgehead atoms. The van der Waals surface area contributed by atoms with Gasteiger partial charge in [-0.15, -0.1) is 0 Å². The Kier molecular flexibility index (Phi) is 2.84. The largest absolute Gasteiger partial charge is 0.394 e. The minimum absolute atomic E-state index is 0.136. The molecule has 1 atom stereocenters. The molecule has 0 radical (unpaired) electrons. The van der Waals surface area contributed by atoms with Crippen LogP contribution in [0.25, 0.3) is 11.0 Å². The molecule has 2 aromatic rings. The van der Waals surface area contributed by atoms with E-state index in [1.54, 1.807) is 25.3 Å². The topological polar surface area (TPSA) is 70.9 Å². The highest BCUT2D eigenvalue weighted by molar-refractivity contribution is 7.71. The molecule has 2 heterocycles. The van der Waals surface area contributed by atoms with Crippen molar-refractivity contribution in [2.45, 2.75) is 13.0 Å². The first-order chi connectivity index (χ1) is 7.65. The molecule has 2 aromatic heterocycles. The number of pyridine rings is 1. The van der Waals surface area contributed by atoms with E-state index in [2.05, 4.69) is 9.97 Å². The number of aliphatic hydroxyl groups is 1. The second kappa shape index (κ2) is 4.15. The predicted octanol–water partition coefficient (Wildman–Crippen LogP) is 1.01. The fraction of sp³-hybridized carbons (Fsp3) is 0.300. The molecule has 16 heavy (non-hydrogen) atoms. The Morgan fingerprint density at radius 1 is 1.69 bits per heavy atom. The summed E-state index contributed by atoms with van der Waals surface area (Å²) in [5.74, 6) is 0. The van der Waals surface area contributed by atoms with E-state index in [-0.39, 0.29) is 23.0 Å².